The van der Waals surface area contributed by atoms with E-state index in [9.17, 15) is 14.4 Å². The Kier molecular flexibility index (Phi) is 5.67. The van der Waals surface area contributed by atoms with Gasteiger partial charge in [-0.05, 0) is 30.5 Å². The van der Waals surface area contributed by atoms with E-state index in [0.717, 1.165) is 37.7 Å². The van der Waals surface area contributed by atoms with Crippen molar-refractivity contribution in [2.45, 2.75) is 43.7 Å². The molecule has 3 rings (SSSR count). The Balaban J connectivity index is 1.56. The number of benzene rings is 1. The zero-order valence-electron chi connectivity index (χ0n) is 14.3. The van der Waals surface area contributed by atoms with Crippen molar-refractivity contribution >= 4 is 5.91 Å². The molecule has 6 heteroatoms. The lowest BCUT2D eigenvalue weighted by Crippen LogP contribution is -2.52. The number of nitrogens with one attached hydrogen (secondary N) is 1. The maximum atomic E-state index is 13.1. The fourth-order valence-corrected chi connectivity index (χ4v) is 3.65. The molecule has 1 heterocycles. The van der Waals surface area contributed by atoms with Crippen molar-refractivity contribution in [1.29, 1.82) is 5.26 Å². The predicted molar refractivity (Wildman–Crippen MR) is 91.1 cm³/mol. The first-order chi connectivity index (χ1) is 12.1. The molecule has 1 aliphatic heterocycles. The van der Waals surface area contributed by atoms with Gasteiger partial charge in [0.1, 0.15) is 11.4 Å². The molecule has 1 aliphatic carbocycles. The molecule has 5 nitrogen and oxygen atoms in total. The number of hydrogen-bond acceptors (Lipinski definition) is 4. The first kappa shape index (κ1) is 17.8. The summed E-state index contributed by atoms with van der Waals surface area (Å²) in [5, 5.41) is 12.4. The summed E-state index contributed by atoms with van der Waals surface area (Å²) in [5.41, 5.74) is 0.213. The molecule has 0 aromatic heterocycles. The van der Waals surface area contributed by atoms with Crippen LogP contribution in [0, 0.1) is 17.1 Å². The second-order valence-electron chi connectivity index (χ2n) is 6.95. The van der Waals surface area contributed by atoms with Crippen molar-refractivity contribution in [2.75, 3.05) is 26.2 Å². The van der Waals surface area contributed by atoms with Gasteiger partial charge in [0.05, 0.1) is 25.3 Å². The highest BCUT2D eigenvalue weighted by molar-refractivity contribution is 5.79. The SMILES string of the molecule is N#CC1(NC(=O)CN2CCOC(c3ccc(F)cc3)C2)CCCCC1. The summed E-state index contributed by atoms with van der Waals surface area (Å²) in [5.74, 6) is -0.381. The van der Waals surface area contributed by atoms with Gasteiger partial charge in [0.25, 0.3) is 0 Å². The summed E-state index contributed by atoms with van der Waals surface area (Å²) >= 11 is 0. The van der Waals surface area contributed by atoms with Crippen molar-refractivity contribution in [3.63, 3.8) is 0 Å². The minimum Gasteiger partial charge on any atom is -0.371 e. The Labute approximate surface area is 147 Å². The lowest BCUT2D eigenvalue weighted by molar-refractivity contribution is -0.126. The molecule has 1 aromatic carbocycles. The Morgan fingerprint density at radius 3 is 2.72 bits per heavy atom. The molecular formula is C19H24FN3O2. The third kappa shape index (κ3) is 4.56. The maximum Gasteiger partial charge on any atom is 0.235 e. The zero-order valence-corrected chi connectivity index (χ0v) is 14.3. The largest absolute Gasteiger partial charge is 0.371 e. The standard InChI is InChI=1S/C19H24FN3O2/c20-16-6-4-15(5-7-16)17-12-23(10-11-25-17)13-18(24)22-19(14-21)8-2-1-3-9-19/h4-7,17H,1-3,8-13H2,(H,22,24). The van der Waals surface area contributed by atoms with Crippen LogP contribution in [0.5, 0.6) is 0 Å². The number of amides is 1. The van der Waals surface area contributed by atoms with E-state index >= 15 is 0 Å². The van der Waals surface area contributed by atoms with Gasteiger partial charge < -0.3 is 10.1 Å². The van der Waals surface area contributed by atoms with Gasteiger partial charge in [-0.15, -0.1) is 0 Å². The van der Waals surface area contributed by atoms with Gasteiger partial charge in [-0.2, -0.15) is 5.26 Å². The van der Waals surface area contributed by atoms with E-state index in [1.165, 1.54) is 12.1 Å². The van der Waals surface area contributed by atoms with E-state index in [2.05, 4.69) is 11.4 Å². The van der Waals surface area contributed by atoms with Gasteiger partial charge >= 0.3 is 0 Å². The topological polar surface area (TPSA) is 65.4 Å². The van der Waals surface area contributed by atoms with E-state index in [1.807, 2.05) is 4.90 Å². The smallest absolute Gasteiger partial charge is 0.235 e. The first-order valence-corrected chi connectivity index (χ1v) is 8.92. The van der Waals surface area contributed by atoms with Crippen LogP contribution in [0.4, 0.5) is 4.39 Å². The molecule has 2 fully saturated rings. The van der Waals surface area contributed by atoms with Crippen molar-refractivity contribution in [3.05, 3.63) is 35.6 Å². The number of nitriles is 1. The molecule has 1 saturated carbocycles. The molecular weight excluding hydrogens is 321 g/mol. The highest BCUT2D eigenvalue weighted by Gasteiger charge is 2.34. The number of morpholine rings is 1. The normalized spacial score (nSPS) is 23.6. The van der Waals surface area contributed by atoms with Crippen molar-refractivity contribution in [2.24, 2.45) is 0 Å². The molecule has 1 amide bonds. The fourth-order valence-electron chi connectivity index (χ4n) is 3.65. The number of carbonyl (C=O) groups excluding carboxylic acids is 1. The average molecular weight is 345 g/mol. The van der Waals surface area contributed by atoms with Crippen molar-refractivity contribution in [3.8, 4) is 6.07 Å². The maximum absolute atomic E-state index is 13.1. The zero-order chi connectivity index (χ0) is 17.7. The molecule has 134 valence electrons. The van der Waals surface area contributed by atoms with Gasteiger partial charge in [0.15, 0.2) is 0 Å². The van der Waals surface area contributed by atoms with Crippen LogP contribution in [0.2, 0.25) is 0 Å². The van der Waals surface area contributed by atoms with Gasteiger partial charge in [-0.3, -0.25) is 9.69 Å². The summed E-state index contributed by atoms with van der Waals surface area (Å²) in [6.45, 7) is 2.03. The first-order valence-electron chi connectivity index (χ1n) is 8.92. The van der Waals surface area contributed by atoms with Crippen molar-refractivity contribution < 1.29 is 13.9 Å². The molecule has 0 radical (unpaired) electrons. The fraction of sp³-hybridized carbons (Fsp3) is 0.579. The van der Waals surface area contributed by atoms with Gasteiger partial charge in [-0.1, -0.05) is 31.4 Å². The third-order valence-electron chi connectivity index (χ3n) is 5.06. The molecule has 1 N–H and O–H groups in total. The van der Waals surface area contributed by atoms with Crippen LogP contribution in [0.15, 0.2) is 24.3 Å². The summed E-state index contributed by atoms with van der Waals surface area (Å²) in [4.78, 5) is 14.5. The van der Waals surface area contributed by atoms with Gasteiger partial charge in [-0.25, -0.2) is 4.39 Å². The summed E-state index contributed by atoms with van der Waals surface area (Å²) in [6, 6.07) is 8.59. The number of rotatable bonds is 4. The molecule has 1 unspecified atom stereocenters. The summed E-state index contributed by atoms with van der Waals surface area (Å²) < 4.78 is 18.8. The Morgan fingerprint density at radius 2 is 2.04 bits per heavy atom. The number of nitrogens with zero attached hydrogens (tertiary/aromatic N) is 2. The molecule has 1 saturated heterocycles. The number of carbonyl (C=O) groups is 1. The molecule has 25 heavy (non-hydrogen) atoms. The predicted octanol–water partition coefficient (Wildman–Crippen LogP) is 2.54. The van der Waals surface area contributed by atoms with Crippen LogP contribution in [-0.2, 0) is 9.53 Å². The summed E-state index contributed by atoms with van der Waals surface area (Å²) in [6.07, 6.45) is 4.40. The van der Waals surface area contributed by atoms with E-state index in [-0.39, 0.29) is 24.4 Å². The van der Waals surface area contributed by atoms with E-state index in [1.54, 1.807) is 12.1 Å². The molecule has 0 bridgehead atoms. The van der Waals surface area contributed by atoms with Crippen LogP contribution < -0.4 is 5.32 Å². The Hall–Kier alpha value is -1.97. The highest BCUT2D eigenvalue weighted by Crippen LogP contribution is 2.27. The molecule has 2 aliphatic rings. The van der Waals surface area contributed by atoms with Gasteiger partial charge in [0, 0.05) is 13.1 Å². The average Bonchev–Trinajstić information content (AvgIpc) is 2.63. The van der Waals surface area contributed by atoms with Crippen LogP contribution in [0.3, 0.4) is 0 Å². The minimum atomic E-state index is -0.696. The lowest BCUT2D eigenvalue weighted by Gasteiger charge is -2.35. The monoisotopic (exact) mass is 345 g/mol. The van der Waals surface area contributed by atoms with Crippen LogP contribution >= 0.6 is 0 Å². The second kappa shape index (κ2) is 7.94. The third-order valence-corrected chi connectivity index (χ3v) is 5.06. The summed E-state index contributed by atoms with van der Waals surface area (Å²) in [7, 11) is 0. The second-order valence-corrected chi connectivity index (χ2v) is 6.95. The van der Waals surface area contributed by atoms with E-state index < -0.39 is 5.54 Å². The highest BCUT2D eigenvalue weighted by atomic mass is 19.1. The minimum absolute atomic E-state index is 0.108. The van der Waals surface area contributed by atoms with Crippen LogP contribution in [-0.4, -0.2) is 42.6 Å². The lowest BCUT2D eigenvalue weighted by atomic mass is 9.83. The van der Waals surface area contributed by atoms with E-state index in [0.29, 0.717) is 19.7 Å². The number of ether oxygens (including phenoxy) is 1. The van der Waals surface area contributed by atoms with Crippen LogP contribution in [0.1, 0.15) is 43.8 Å². The number of hydrogen-bond donors (Lipinski definition) is 1. The van der Waals surface area contributed by atoms with E-state index in [4.69, 9.17) is 4.74 Å². The molecule has 0 spiro atoms. The Morgan fingerprint density at radius 1 is 1.32 bits per heavy atom. The quantitative estimate of drug-likeness (QED) is 0.911. The molecule has 1 aromatic rings. The van der Waals surface area contributed by atoms with Gasteiger partial charge in [0.2, 0.25) is 5.91 Å². The number of halogens is 1. The van der Waals surface area contributed by atoms with Crippen LogP contribution in [0.25, 0.3) is 0 Å². The van der Waals surface area contributed by atoms with Crippen molar-refractivity contribution in [1.82, 2.24) is 10.2 Å². The molecule has 1 atom stereocenters. The Bertz CT molecular complexity index is 635.